The van der Waals surface area contributed by atoms with Crippen molar-refractivity contribution >= 4 is 21.6 Å². The molecule has 14 heteroatoms. The molecule has 2 aromatic rings. The van der Waals surface area contributed by atoms with Crippen LogP contribution in [0.4, 0.5) is 23.2 Å². The van der Waals surface area contributed by atoms with E-state index in [2.05, 4.69) is 9.72 Å². The smallest absolute Gasteiger partial charge is 0.475 e. The summed E-state index contributed by atoms with van der Waals surface area (Å²) in [7, 11) is -4.78. The van der Waals surface area contributed by atoms with Gasteiger partial charge >= 0.3 is 6.36 Å². The van der Waals surface area contributed by atoms with E-state index >= 15 is 0 Å². The fourth-order valence-electron chi connectivity index (χ4n) is 3.52. The van der Waals surface area contributed by atoms with Crippen LogP contribution in [0.1, 0.15) is 16.8 Å². The first-order valence-corrected chi connectivity index (χ1v) is 10.6. The average Bonchev–Trinajstić information content (AvgIpc) is 3.01. The van der Waals surface area contributed by atoms with E-state index in [0.717, 1.165) is 12.3 Å². The minimum atomic E-state index is -5.21. The second-order valence-corrected chi connectivity index (χ2v) is 8.78. The van der Waals surface area contributed by atoms with Crippen LogP contribution in [0.5, 0.6) is 11.6 Å². The lowest BCUT2D eigenvalue weighted by molar-refractivity contribution is -0.275. The molecule has 1 fully saturated rings. The molecule has 0 spiro atoms. The molecule has 0 aliphatic carbocycles. The zero-order valence-corrected chi connectivity index (χ0v) is 16.8. The Morgan fingerprint density at radius 2 is 2.03 bits per heavy atom. The molecular formula is C18H15F4N3O6S. The minimum Gasteiger partial charge on any atom is -0.475 e. The Bertz CT molecular complexity index is 1170. The van der Waals surface area contributed by atoms with Gasteiger partial charge in [0.2, 0.25) is 5.88 Å². The fourth-order valence-corrected chi connectivity index (χ4v) is 4.69. The Labute approximate surface area is 178 Å². The summed E-state index contributed by atoms with van der Waals surface area (Å²) < 4.78 is 88.0. The van der Waals surface area contributed by atoms with Gasteiger partial charge in [0.15, 0.2) is 0 Å². The lowest BCUT2D eigenvalue weighted by Gasteiger charge is -2.20. The van der Waals surface area contributed by atoms with Gasteiger partial charge in [0, 0.05) is 6.54 Å². The summed E-state index contributed by atoms with van der Waals surface area (Å²) in [5, 5.41) is 9.80. The van der Waals surface area contributed by atoms with Crippen molar-refractivity contribution in [3.63, 3.8) is 0 Å². The largest absolute Gasteiger partial charge is 0.573 e. The van der Waals surface area contributed by atoms with Crippen LogP contribution in [0.2, 0.25) is 0 Å². The number of halogens is 4. The van der Waals surface area contributed by atoms with Crippen LogP contribution < -0.4 is 14.2 Å². The first-order valence-electron chi connectivity index (χ1n) is 9.13. The van der Waals surface area contributed by atoms with E-state index in [0.29, 0.717) is 24.6 Å². The van der Waals surface area contributed by atoms with Gasteiger partial charge in [0.25, 0.3) is 15.9 Å². The third kappa shape index (κ3) is 4.41. The zero-order chi connectivity index (χ0) is 23.3. The Morgan fingerprint density at radius 3 is 2.75 bits per heavy atom. The van der Waals surface area contributed by atoms with Crippen LogP contribution in [0.25, 0.3) is 0 Å². The number of benzene rings is 1. The molecule has 2 atom stereocenters. The first-order chi connectivity index (χ1) is 14.9. The second kappa shape index (κ2) is 7.78. The molecule has 3 heterocycles. The van der Waals surface area contributed by atoms with Gasteiger partial charge in [-0.15, -0.1) is 13.2 Å². The number of nitrogens with zero attached hydrogens (tertiary/aromatic N) is 2. The molecule has 1 aromatic carbocycles. The predicted octanol–water partition coefficient (Wildman–Crippen LogP) is 1.89. The number of amides is 1. The summed E-state index contributed by atoms with van der Waals surface area (Å²) in [5.41, 5.74) is -0.381. The number of aliphatic hydroxyl groups excluding tert-OH is 1. The van der Waals surface area contributed by atoms with Gasteiger partial charge in [-0.1, -0.05) is 0 Å². The first kappa shape index (κ1) is 22.1. The Morgan fingerprint density at radius 1 is 1.28 bits per heavy atom. The summed E-state index contributed by atoms with van der Waals surface area (Å²) in [6.07, 6.45) is -4.64. The number of pyridine rings is 1. The van der Waals surface area contributed by atoms with E-state index < -0.39 is 44.9 Å². The molecule has 2 aliphatic heterocycles. The van der Waals surface area contributed by atoms with Crippen LogP contribution in [-0.4, -0.2) is 61.0 Å². The SMILES string of the molecule is O=C1c2cc(NS(=O)(=O)c3cc(F)ccc3OC(F)(F)F)cnc2OC[C@H]2C[C@@H](O)CN12. The lowest BCUT2D eigenvalue weighted by Crippen LogP contribution is -2.37. The number of hydrogen-bond acceptors (Lipinski definition) is 7. The van der Waals surface area contributed by atoms with Crippen molar-refractivity contribution in [2.45, 2.75) is 29.8 Å². The molecule has 4 rings (SSSR count). The average molecular weight is 477 g/mol. The topological polar surface area (TPSA) is 118 Å². The highest BCUT2D eigenvalue weighted by Gasteiger charge is 2.39. The van der Waals surface area contributed by atoms with Gasteiger partial charge in [-0.3, -0.25) is 9.52 Å². The maximum atomic E-state index is 13.6. The number of nitrogens with one attached hydrogen (secondary N) is 1. The molecule has 1 saturated heterocycles. The number of anilines is 1. The fraction of sp³-hybridized carbons (Fsp3) is 0.333. The van der Waals surface area contributed by atoms with Crippen molar-refractivity contribution in [2.75, 3.05) is 17.9 Å². The molecule has 1 aromatic heterocycles. The number of aromatic nitrogens is 1. The number of ether oxygens (including phenoxy) is 2. The van der Waals surface area contributed by atoms with E-state index in [1.165, 1.54) is 4.90 Å². The van der Waals surface area contributed by atoms with Crippen molar-refractivity contribution < 1.29 is 45.4 Å². The normalized spacial score (nSPS) is 20.8. The van der Waals surface area contributed by atoms with Crippen LogP contribution in [0.3, 0.4) is 0 Å². The molecule has 32 heavy (non-hydrogen) atoms. The number of rotatable bonds is 4. The van der Waals surface area contributed by atoms with Gasteiger partial charge in [-0.25, -0.2) is 17.8 Å². The number of carbonyl (C=O) groups excluding carboxylic acids is 1. The zero-order valence-electron chi connectivity index (χ0n) is 16.0. The lowest BCUT2D eigenvalue weighted by atomic mass is 10.2. The van der Waals surface area contributed by atoms with Gasteiger partial charge in [0.05, 0.1) is 24.0 Å². The van der Waals surface area contributed by atoms with Gasteiger partial charge in [-0.05, 0) is 30.7 Å². The van der Waals surface area contributed by atoms with Gasteiger partial charge in [-0.2, -0.15) is 0 Å². The van der Waals surface area contributed by atoms with Crippen LogP contribution in [0.15, 0.2) is 35.4 Å². The molecule has 0 bridgehead atoms. The molecule has 0 saturated carbocycles. The molecular weight excluding hydrogens is 462 g/mol. The van der Waals surface area contributed by atoms with Crippen molar-refractivity contribution in [3.05, 3.63) is 41.8 Å². The molecule has 2 N–H and O–H groups in total. The molecule has 172 valence electrons. The molecule has 0 radical (unpaired) electrons. The monoisotopic (exact) mass is 477 g/mol. The van der Waals surface area contributed by atoms with E-state index in [1.807, 2.05) is 4.72 Å². The standard InChI is InChI=1S/C18H15F4N3O6S/c19-9-1-2-14(31-18(20,21)22)15(3-9)32(28,29)24-10-4-13-16(23-6-10)30-8-11-5-12(26)7-25(11)17(13)27/h1-4,6,11-12,24,26H,5,7-8H2/t11-,12-/m1/s1. The predicted molar refractivity (Wildman–Crippen MR) is 99.1 cm³/mol. The van der Waals surface area contributed by atoms with Crippen molar-refractivity contribution in [1.29, 1.82) is 0 Å². The maximum Gasteiger partial charge on any atom is 0.573 e. The Hall–Kier alpha value is -3.13. The van der Waals surface area contributed by atoms with E-state index in [9.17, 15) is 35.9 Å². The van der Waals surface area contributed by atoms with E-state index in [1.54, 1.807) is 0 Å². The molecule has 2 aliphatic rings. The summed E-state index contributed by atoms with van der Waals surface area (Å²) >= 11 is 0. The Kier molecular flexibility index (Phi) is 5.36. The number of sulfonamides is 1. The Balaban J connectivity index is 1.66. The minimum absolute atomic E-state index is 0.0592. The highest BCUT2D eigenvalue weighted by molar-refractivity contribution is 7.92. The summed E-state index contributed by atoms with van der Waals surface area (Å²) in [6.45, 7) is 0.138. The van der Waals surface area contributed by atoms with Crippen molar-refractivity contribution in [2.24, 2.45) is 0 Å². The maximum absolute atomic E-state index is 13.6. The molecule has 9 nitrogen and oxygen atoms in total. The quantitative estimate of drug-likeness (QED) is 0.646. The second-order valence-electron chi connectivity index (χ2n) is 7.13. The van der Waals surface area contributed by atoms with Crippen LogP contribution >= 0.6 is 0 Å². The van der Waals surface area contributed by atoms with E-state index in [-0.39, 0.29) is 36.3 Å². The summed E-state index contributed by atoms with van der Waals surface area (Å²) in [4.78, 5) is 17.0. The number of fused-ring (bicyclic) bond motifs is 2. The van der Waals surface area contributed by atoms with Gasteiger partial charge < -0.3 is 19.5 Å². The number of carbonyl (C=O) groups is 1. The molecule has 0 unspecified atom stereocenters. The van der Waals surface area contributed by atoms with Crippen molar-refractivity contribution in [1.82, 2.24) is 9.88 Å². The third-order valence-corrected chi connectivity index (χ3v) is 6.22. The van der Waals surface area contributed by atoms with Crippen molar-refractivity contribution in [3.8, 4) is 11.6 Å². The summed E-state index contributed by atoms with van der Waals surface area (Å²) in [6, 6.07) is 2.22. The highest BCUT2D eigenvalue weighted by atomic mass is 32.2. The van der Waals surface area contributed by atoms with Crippen LogP contribution in [-0.2, 0) is 10.0 Å². The van der Waals surface area contributed by atoms with Crippen LogP contribution in [0, 0.1) is 5.82 Å². The number of hydrogen-bond donors (Lipinski definition) is 2. The number of alkyl halides is 3. The third-order valence-electron chi connectivity index (χ3n) is 4.82. The van der Waals surface area contributed by atoms with E-state index in [4.69, 9.17) is 4.74 Å². The van der Waals surface area contributed by atoms with Gasteiger partial charge in [0.1, 0.15) is 28.6 Å². The highest BCUT2D eigenvalue weighted by Crippen LogP contribution is 2.33. The molecule has 1 amide bonds. The number of aliphatic hydroxyl groups is 1. The summed E-state index contributed by atoms with van der Waals surface area (Å²) in [5.74, 6) is -2.86.